The Morgan fingerprint density at radius 3 is 2.89 bits per heavy atom. The Morgan fingerprint density at radius 1 is 1.61 bits per heavy atom. The van der Waals surface area contributed by atoms with Crippen LogP contribution in [0.15, 0.2) is 17.0 Å². The molecule has 1 rings (SSSR count). The third-order valence-corrected chi connectivity index (χ3v) is 3.70. The number of nitrogens with two attached hydrogens (primary N) is 1. The van der Waals surface area contributed by atoms with Gasteiger partial charge < -0.3 is 10.5 Å². The van der Waals surface area contributed by atoms with Gasteiger partial charge in [0.2, 0.25) is 0 Å². The van der Waals surface area contributed by atoms with E-state index in [1.807, 2.05) is 6.92 Å². The van der Waals surface area contributed by atoms with Crippen LogP contribution in [0.3, 0.4) is 0 Å². The normalized spacial score (nSPS) is 12.2. The van der Waals surface area contributed by atoms with Crippen LogP contribution in [0.1, 0.15) is 20.3 Å². The number of rotatable bonds is 5. The number of esters is 1. The minimum Gasteiger partial charge on any atom is -0.465 e. The van der Waals surface area contributed by atoms with Crippen molar-refractivity contribution in [2.75, 3.05) is 12.3 Å². The number of benzene rings is 1. The molecule has 0 bridgehead atoms. The van der Waals surface area contributed by atoms with Gasteiger partial charge in [-0.3, -0.25) is 4.79 Å². The van der Waals surface area contributed by atoms with Crippen molar-refractivity contribution in [2.24, 2.45) is 0 Å². The Kier molecular flexibility index (Phi) is 5.75. The molecular formula is C12H15ClFNO2S. The maximum atomic E-state index is 13.1. The number of halogens is 2. The standard InChI is InChI=1S/C12H15ClFNO2S/c1-3-4-17-12(16)7(2)18-11-6-10(15)9(14)5-8(11)13/h5-7H,3-4,15H2,1-2H3. The summed E-state index contributed by atoms with van der Waals surface area (Å²) >= 11 is 7.08. The zero-order valence-corrected chi connectivity index (χ0v) is 11.8. The Bertz CT molecular complexity index is 442. The van der Waals surface area contributed by atoms with E-state index in [2.05, 4.69) is 0 Å². The summed E-state index contributed by atoms with van der Waals surface area (Å²) in [6.07, 6.45) is 0.771. The van der Waals surface area contributed by atoms with Crippen LogP contribution < -0.4 is 5.73 Å². The monoisotopic (exact) mass is 291 g/mol. The van der Waals surface area contributed by atoms with Crippen LogP contribution in [0, 0.1) is 5.82 Å². The van der Waals surface area contributed by atoms with Crippen molar-refractivity contribution in [3.8, 4) is 0 Å². The summed E-state index contributed by atoms with van der Waals surface area (Å²) in [6, 6.07) is 2.56. The van der Waals surface area contributed by atoms with Crippen molar-refractivity contribution in [3.63, 3.8) is 0 Å². The fraction of sp³-hybridized carbons (Fsp3) is 0.417. The quantitative estimate of drug-likeness (QED) is 0.512. The fourth-order valence-corrected chi connectivity index (χ4v) is 2.39. The lowest BCUT2D eigenvalue weighted by atomic mass is 10.3. The van der Waals surface area contributed by atoms with E-state index >= 15 is 0 Å². The summed E-state index contributed by atoms with van der Waals surface area (Å²) in [4.78, 5) is 12.1. The first-order valence-corrected chi connectivity index (χ1v) is 6.79. The Morgan fingerprint density at radius 2 is 2.28 bits per heavy atom. The number of ether oxygens (including phenoxy) is 1. The van der Waals surface area contributed by atoms with Crippen LogP contribution in [0.5, 0.6) is 0 Å². The molecule has 0 saturated carbocycles. The smallest absolute Gasteiger partial charge is 0.319 e. The molecule has 1 aromatic rings. The molecule has 1 atom stereocenters. The van der Waals surface area contributed by atoms with Crippen molar-refractivity contribution < 1.29 is 13.9 Å². The highest BCUT2D eigenvalue weighted by atomic mass is 35.5. The van der Waals surface area contributed by atoms with Crippen molar-refractivity contribution in [1.82, 2.24) is 0 Å². The molecule has 0 aromatic heterocycles. The zero-order valence-electron chi connectivity index (χ0n) is 10.2. The number of carbonyl (C=O) groups is 1. The first-order chi connectivity index (χ1) is 8.45. The highest BCUT2D eigenvalue weighted by molar-refractivity contribution is 8.00. The van der Waals surface area contributed by atoms with E-state index < -0.39 is 11.1 Å². The second-order valence-electron chi connectivity index (χ2n) is 3.73. The summed E-state index contributed by atoms with van der Waals surface area (Å²) in [7, 11) is 0. The first kappa shape index (κ1) is 15.1. The van der Waals surface area contributed by atoms with E-state index in [0.29, 0.717) is 11.5 Å². The fourth-order valence-electron chi connectivity index (χ4n) is 1.19. The van der Waals surface area contributed by atoms with Gasteiger partial charge >= 0.3 is 5.97 Å². The van der Waals surface area contributed by atoms with Crippen molar-refractivity contribution >= 4 is 35.0 Å². The summed E-state index contributed by atoms with van der Waals surface area (Å²) in [5.74, 6) is -0.883. The van der Waals surface area contributed by atoms with Gasteiger partial charge in [-0.1, -0.05) is 18.5 Å². The van der Waals surface area contributed by atoms with Gasteiger partial charge in [0.1, 0.15) is 11.1 Å². The number of carbonyl (C=O) groups excluding carboxylic acids is 1. The largest absolute Gasteiger partial charge is 0.465 e. The number of thioether (sulfide) groups is 1. The molecule has 100 valence electrons. The van der Waals surface area contributed by atoms with Crippen LogP contribution in [-0.2, 0) is 9.53 Å². The van der Waals surface area contributed by atoms with E-state index in [9.17, 15) is 9.18 Å². The molecule has 3 nitrogen and oxygen atoms in total. The third-order valence-electron chi connectivity index (χ3n) is 2.14. The molecule has 18 heavy (non-hydrogen) atoms. The number of hydrogen-bond acceptors (Lipinski definition) is 4. The van der Waals surface area contributed by atoms with Crippen molar-refractivity contribution in [2.45, 2.75) is 30.4 Å². The lowest BCUT2D eigenvalue weighted by Gasteiger charge is -2.12. The molecule has 0 spiro atoms. The minimum absolute atomic E-state index is 0.0102. The molecule has 2 N–H and O–H groups in total. The summed E-state index contributed by atoms with van der Waals surface area (Å²) in [5.41, 5.74) is 5.47. The van der Waals surface area contributed by atoms with Crippen molar-refractivity contribution in [3.05, 3.63) is 23.0 Å². The van der Waals surface area contributed by atoms with E-state index in [1.54, 1.807) is 6.92 Å². The summed E-state index contributed by atoms with van der Waals surface area (Å²) in [6.45, 7) is 4.02. The molecule has 0 fully saturated rings. The number of nitrogen functional groups attached to an aromatic ring is 1. The molecule has 0 radical (unpaired) electrons. The molecule has 0 heterocycles. The molecule has 1 aromatic carbocycles. The topological polar surface area (TPSA) is 52.3 Å². The van der Waals surface area contributed by atoms with Gasteiger partial charge in [0.05, 0.1) is 17.3 Å². The minimum atomic E-state index is -0.564. The predicted octanol–water partition coefficient (Wildman–Crippen LogP) is 3.50. The highest BCUT2D eigenvalue weighted by Gasteiger charge is 2.18. The Labute approximate surface area is 115 Å². The van der Waals surface area contributed by atoms with E-state index in [-0.39, 0.29) is 16.7 Å². The Hall–Kier alpha value is -0.940. The van der Waals surface area contributed by atoms with Gasteiger partial charge in [0, 0.05) is 4.90 Å². The number of anilines is 1. The summed E-state index contributed by atoms with van der Waals surface area (Å²) < 4.78 is 18.1. The molecule has 0 amide bonds. The molecule has 0 aliphatic carbocycles. The molecule has 0 aliphatic rings. The van der Waals surface area contributed by atoms with E-state index in [4.69, 9.17) is 22.1 Å². The maximum Gasteiger partial charge on any atom is 0.319 e. The van der Waals surface area contributed by atoms with Gasteiger partial charge in [-0.25, -0.2) is 4.39 Å². The lowest BCUT2D eigenvalue weighted by Crippen LogP contribution is -2.17. The average molecular weight is 292 g/mol. The van der Waals surface area contributed by atoms with Crippen LogP contribution in [0.4, 0.5) is 10.1 Å². The zero-order chi connectivity index (χ0) is 13.7. The van der Waals surface area contributed by atoms with Gasteiger partial charge in [-0.05, 0) is 25.5 Å². The van der Waals surface area contributed by atoms with Gasteiger partial charge in [0.15, 0.2) is 0 Å². The first-order valence-electron chi connectivity index (χ1n) is 5.53. The van der Waals surface area contributed by atoms with Crippen LogP contribution in [0.2, 0.25) is 5.02 Å². The van der Waals surface area contributed by atoms with Gasteiger partial charge in [-0.2, -0.15) is 0 Å². The Balaban J connectivity index is 2.72. The molecule has 0 aliphatic heterocycles. The highest BCUT2D eigenvalue weighted by Crippen LogP contribution is 2.33. The predicted molar refractivity (Wildman–Crippen MR) is 72.4 cm³/mol. The molecular weight excluding hydrogens is 277 g/mol. The average Bonchev–Trinajstić information content (AvgIpc) is 2.32. The third kappa shape index (κ3) is 4.07. The van der Waals surface area contributed by atoms with E-state index in [1.165, 1.54) is 17.8 Å². The number of hydrogen-bond donors (Lipinski definition) is 1. The molecule has 6 heteroatoms. The molecule has 1 unspecified atom stereocenters. The van der Waals surface area contributed by atoms with Crippen molar-refractivity contribution in [1.29, 1.82) is 0 Å². The SMILES string of the molecule is CCCOC(=O)C(C)Sc1cc(N)c(F)cc1Cl. The second kappa shape index (κ2) is 6.85. The molecule has 0 saturated heterocycles. The van der Waals surface area contributed by atoms with Crippen LogP contribution in [0.25, 0.3) is 0 Å². The van der Waals surface area contributed by atoms with Gasteiger partial charge in [-0.15, -0.1) is 11.8 Å². The maximum absolute atomic E-state index is 13.1. The van der Waals surface area contributed by atoms with E-state index in [0.717, 1.165) is 12.5 Å². The van der Waals surface area contributed by atoms with Crippen LogP contribution in [-0.4, -0.2) is 17.8 Å². The second-order valence-corrected chi connectivity index (χ2v) is 5.52. The van der Waals surface area contributed by atoms with Crippen LogP contribution >= 0.6 is 23.4 Å². The van der Waals surface area contributed by atoms with Gasteiger partial charge in [0.25, 0.3) is 0 Å². The lowest BCUT2D eigenvalue weighted by molar-refractivity contribution is -0.142. The summed E-state index contributed by atoms with van der Waals surface area (Å²) in [5, 5.41) is -0.180.